The minimum atomic E-state index is 0.270. The number of nitrogens with two attached hydrogens (primary N) is 3. The fourth-order valence-electron chi connectivity index (χ4n) is 2.23. The van der Waals surface area contributed by atoms with Crippen LogP contribution in [0.5, 0.6) is 11.8 Å². The zero-order chi connectivity index (χ0) is 20.4. The van der Waals surface area contributed by atoms with E-state index in [1.165, 1.54) is 20.3 Å². The Bertz CT molecular complexity index is 718. The molecule has 0 fully saturated rings. The van der Waals surface area contributed by atoms with Crippen LogP contribution in [0.25, 0.3) is 0 Å². The number of ether oxygens (including phenoxy) is 2. The fourth-order valence-corrected chi connectivity index (χ4v) is 3.15. The number of nitrogens with zero attached hydrogens (tertiary/aromatic N) is 4. The summed E-state index contributed by atoms with van der Waals surface area (Å²) in [5, 5.41) is 6.81. The number of hydrogen-bond donors (Lipinski definition) is 5. The standard InChI is InChI=1S/C16H27N9O2S/c1-26-13-12(28-16-22-10(18)9-11(19)23-16)14(27-2)25-15(24-13)21-8-7-20-6-4-3-5-17/h9,20H,3-8,17H2,1-2H3,(H,21,24,25)(H4,18,19,22,23). The summed E-state index contributed by atoms with van der Waals surface area (Å²) in [4.78, 5) is 17.6. The van der Waals surface area contributed by atoms with Gasteiger partial charge in [0.2, 0.25) is 17.7 Å². The summed E-state index contributed by atoms with van der Waals surface area (Å²) in [6.45, 7) is 3.05. The van der Waals surface area contributed by atoms with Crippen LogP contribution in [0.3, 0.4) is 0 Å². The minimum absolute atomic E-state index is 0.270. The molecule has 0 bridgehead atoms. The highest BCUT2D eigenvalue weighted by Gasteiger charge is 2.19. The summed E-state index contributed by atoms with van der Waals surface area (Å²) in [7, 11) is 3.03. The van der Waals surface area contributed by atoms with Crippen LogP contribution < -0.4 is 37.3 Å². The minimum Gasteiger partial charge on any atom is -0.480 e. The van der Waals surface area contributed by atoms with Gasteiger partial charge in [-0.1, -0.05) is 0 Å². The molecule has 0 atom stereocenters. The van der Waals surface area contributed by atoms with Gasteiger partial charge in [-0.2, -0.15) is 9.97 Å². The van der Waals surface area contributed by atoms with Crippen LogP contribution in [-0.2, 0) is 0 Å². The highest BCUT2D eigenvalue weighted by Crippen LogP contribution is 2.39. The van der Waals surface area contributed by atoms with Crippen molar-refractivity contribution in [3.8, 4) is 11.8 Å². The average Bonchev–Trinajstić information content (AvgIpc) is 2.67. The molecule has 154 valence electrons. The van der Waals surface area contributed by atoms with Gasteiger partial charge in [0, 0.05) is 19.2 Å². The van der Waals surface area contributed by atoms with Crippen LogP contribution in [0.1, 0.15) is 12.8 Å². The smallest absolute Gasteiger partial charge is 0.236 e. The Morgan fingerprint density at radius 3 is 2.14 bits per heavy atom. The maximum absolute atomic E-state index is 5.72. The number of rotatable bonds is 12. The summed E-state index contributed by atoms with van der Waals surface area (Å²) < 4.78 is 10.8. The molecule has 0 aliphatic carbocycles. The van der Waals surface area contributed by atoms with Gasteiger partial charge < -0.3 is 37.3 Å². The lowest BCUT2D eigenvalue weighted by atomic mass is 10.3. The molecular formula is C16H27N9O2S. The topological polar surface area (TPSA) is 172 Å². The lowest BCUT2D eigenvalue weighted by Crippen LogP contribution is -2.24. The first-order valence-electron chi connectivity index (χ1n) is 8.80. The van der Waals surface area contributed by atoms with Crippen LogP contribution in [0, 0.1) is 0 Å². The van der Waals surface area contributed by atoms with Crippen molar-refractivity contribution in [2.45, 2.75) is 22.9 Å². The van der Waals surface area contributed by atoms with Crippen molar-refractivity contribution in [3.05, 3.63) is 6.07 Å². The van der Waals surface area contributed by atoms with Gasteiger partial charge in [-0.25, -0.2) is 9.97 Å². The van der Waals surface area contributed by atoms with E-state index < -0.39 is 0 Å². The van der Waals surface area contributed by atoms with Gasteiger partial charge >= 0.3 is 0 Å². The molecule has 2 aromatic heterocycles. The molecule has 0 amide bonds. The van der Waals surface area contributed by atoms with Crippen LogP contribution >= 0.6 is 11.8 Å². The van der Waals surface area contributed by atoms with Crippen molar-refractivity contribution in [2.24, 2.45) is 5.73 Å². The second kappa shape index (κ2) is 11.3. The maximum Gasteiger partial charge on any atom is 0.236 e. The molecule has 2 rings (SSSR count). The molecule has 0 saturated heterocycles. The zero-order valence-electron chi connectivity index (χ0n) is 16.1. The Morgan fingerprint density at radius 1 is 0.929 bits per heavy atom. The first-order valence-corrected chi connectivity index (χ1v) is 9.61. The Labute approximate surface area is 168 Å². The largest absolute Gasteiger partial charge is 0.480 e. The Hall–Kier alpha value is -2.57. The van der Waals surface area contributed by atoms with Crippen molar-refractivity contribution in [3.63, 3.8) is 0 Å². The van der Waals surface area contributed by atoms with Gasteiger partial charge in [-0.05, 0) is 37.7 Å². The number of unbranched alkanes of at least 4 members (excludes halogenated alkanes) is 1. The zero-order valence-corrected chi connectivity index (χ0v) is 16.9. The van der Waals surface area contributed by atoms with Crippen LogP contribution in [0.2, 0.25) is 0 Å². The number of hydrogen-bond acceptors (Lipinski definition) is 12. The third-order valence-electron chi connectivity index (χ3n) is 3.52. The molecule has 2 aromatic rings. The molecule has 0 aliphatic heterocycles. The van der Waals surface area contributed by atoms with E-state index >= 15 is 0 Å². The lowest BCUT2D eigenvalue weighted by molar-refractivity contribution is 0.353. The molecule has 0 unspecified atom stereocenters. The second-order valence-corrected chi connectivity index (χ2v) is 6.65. The predicted octanol–water partition coefficient (Wildman–Crippen LogP) is 0.340. The van der Waals surface area contributed by atoms with Crippen LogP contribution in [0.15, 0.2) is 16.1 Å². The third kappa shape index (κ3) is 6.55. The third-order valence-corrected chi connectivity index (χ3v) is 4.44. The summed E-state index contributed by atoms with van der Waals surface area (Å²) in [5.74, 6) is 1.60. The van der Waals surface area contributed by atoms with Gasteiger partial charge in [-0.15, -0.1) is 0 Å². The average molecular weight is 410 g/mol. The predicted molar refractivity (Wildman–Crippen MR) is 110 cm³/mol. The van der Waals surface area contributed by atoms with E-state index in [4.69, 9.17) is 26.7 Å². The van der Waals surface area contributed by atoms with Gasteiger partial charge in [0.1, 0.15) is 16.5 Å². The molecule has 0 spiro atoms. The first-order chi connectivity index (χ1) is 13.6. The molecule has 2 heterocycles. The van der Waals surface area contributed by atoms with Gasteiger partial charge in [0.25, 0.3) is 0 Å². The summed E-state index contributed by atoms with van der Waals surface area (Å²) in [6, 6.07) is 1.48. The quantitative estimate of drug-likeness (QED) is 0.241. The summed E-state index contributed by atoms with van der Waals surface area (Å²) in [5.41, 5.74) is 16.9. The molecule has 0 radical (unpaired) electrons. The van der Waals surface area contributed by atoms with E-state index in [1.54, 1.807) is 0 Å². The molecule has 0 aliphatic rings. The molecule has 11 nitrogen and oxygen atoms in total. The van der Waals surface area contributed by atoms with Crippen LogP contribution in [-0.4, -0.2) is 60.3 Å². The number of aromatic nitrogens is 4. The van der Waals surface area contributed by atoms with Crippen molar-refractivity contribution in [2.75, 3.05) is 57.2 Å². The van der Waals surface area contributed by atoms with Crippen molar-refractivity contribution in [1.29, 1.82) is 0 Å². The van der Waals surface area contributed by atoms with Gasteiger partial charge in [0.15, 0.2) is 5.16 Å². The molecule has 0 saturated carbocycles. The van der Waals surface area contributed by atoms with E-state index in [2.05, 4.69) is 30.6 Å². The number of nitrogens with one attached hydrogen (secondary N) is 2. The van der Waals surface area contributed by atoms with Crippen molar-refractivity contribution < 1.29 is 9.47 Å². The lowest BCUT2D eigenvalue weighted by Gasteiger charge is -2.13. The highest BCUT2D eigenvalue weighted by atomic mass is 32.2. The Balaban J connectivity index is 2.06. The number of anilines is 3. The van der Waals surface area contributed by atoms with Gasteiger partial charge in [0.05, 0.1) is 14.2 Å². The Morgan fingerprint density at radius 2 is 1.57 bits per heavy atom. The van der Waals surface area contributed by atoms with E-state index in [1.807, 2.05) is 0 Å². The number of methoxy groups -OCH3 is 2. The summed E-state index contributed by atoms with van der Waals surface area (Å²) in [6.07, 6.45) is 2.07. The molecule has 28 heavy (non-hydrogen) atoms. The second-order valence-electron chi connectivity index (χ2n) is 5.67. The molecule has 0 aromatic carbocycles. The first kappa shape index (κ1) is 21.7. The van der Waals surface area contributed by atoms with E-state index in [0.29, 0.717) is 40.8 Å². The van der Waals surface area contributed by atoms with E-state index in [9.17, 15) is 0 Å². The maximum atomic E-state index is 5.72. The monoisotopic (exact) mass is 409 g/mol. The SMILES string of the molecule is COc1nc(NCCNCCCCN)nc(OC)c1Sc1nc(N)cc(N)n1. The molecule has 12 heteroatoms. The summed E-state index contributed by atoms with van der Waals surface area (Å²) >= 11 is 1.16. The highest BCUT2D eigenvalue weighted by molar-refractivity contribution is 7.99. The normalized spacial score (nSPS) is 10.7. The Kier molecular flexibility index (Phi) is 8.78. The van der Waals surface area contributed by atoms with E-state index in [-0.39, 0.29) is 11.6 Å². The van der Waals surface area contributed by atoms with Crippen LogP contribution in [0.4, 0.5) is 17.6 Å². The fraction of sp³-hybridized carbons (Fsp3) is 0.500. The molecule has 8 N–H and O–H groups in total. The van der Waals surface area contributed by atoms with Crippen molar-refractivity contribution in [1.82, 2.24) is 25.3 Å². The van der Waals surface area contributed by atoms with Gasteiger partial charge in [-0.3, -0.25) is 0 Å². The molecular weight excluding hydrogens is 382 g/mol. The van der Waals surface area contributed by atoms with Crippen molar-refractivity contribution >= 4 is 29.3 Å². The number of nitrogen functional groups attached to an aromatic ring is 2. The van der Waals surface area contributed by atoms with E-state index in [0.717, 1.165) is 37.7 Å².